The third kappa shape index (κ3) is 2.79. The molecule has 0 unspecified atom stereocenters. The van der Waals surface area contributed by atoms with Crippen molar-refractivity contribution in [2.75, 3.05) is 0 Å². The maximum absolute atomic E-state index is 12.6. The molecular formula is C18H14N6OS2. The van der Waals surface area contributed by atoms with E-state index in [1.54, 1.807) is 15.0 Å². The molecule has 9 heteroatoms. The van der Waals surface area contributed by atoms with Gasteiger partial charge in [0.2, 0.25) is 5.16 Å². The monoisotopic (exact) mass is 394 g/mol. The minimum atomic E-state index is -0.0656. The largest absolute Gasteiger partial charge is 0.269 e. The van der Waals surface area contributed by atoms with Crippen LogP contribution < -0.4 is 5.56 Å². The normalized spacial score (nSPS) is 11.8. The van der Waals surface area contributed by atoms with Crippen molar-refractivity contribution < 1.29 is 0 Å². The lowest BCUT2D eigenvalue weighted by Gasteiger charge is -1.99. The van der Waals surface area contributed by atoms with Crippen molar-refractivity contribution in [1.82, 2.24) is 29.0 Å². The van der Waals surface area contributed by atoms with E-state index in [0.29, 0.717) is 21.6 Å². The van der Waals surface area contributed by atoms with Gasteiger partial charge in [-0.05, 0) is 32.0 Å². The van der Waals surface area contributed by atoms with Gasteiger partial charge in [-0.25, -0.2) is 14.5 Å². The Bertz CT molecular complexity index is 1380. The van der Waals surface area contributed by atoms with E-state index in [0.717, 1.165) is 27.3 Å². The summed E-state index contributed by atoms with van der Waals surface area (Å²) in [5.41, 5.74) is 3.45. The molecule has 0 aliphatic heterocycles. The third-order valence-electron chi connectivity index (χ3n) is 4.20. The summed E-state index contributed by atoms with van der Waals surface area (Å²) in [5.74, 6) is 1.11. The molecule has 0 saturated carbocycles. The van der Waals surface area contributed by atoms with Crippen LogP contribution in [0.25, 0.3) is 21.0 Å². The number of hydrogen-bond donors (Lipinski definition) is 0. The quantitative estimate of drug-likeness (QED) is 0.437. The summed E-state index contributed by atoms with van der Waals surface area (Å²) in [6.45, 7) is 3.91. The molecular weight excluding hydrogens is 380 g/mol. The molecule has 0 atom stereocenters. The highest BCUT2D eigenvalue weighted by molar-refractivity contribution is 7.98. The first-order valence-electron chi connectivity index (χ1n) is 8.32. The number of nitrogens with zero attached hydrogens (tertiary/aromatic N) is 6. The Hall–Kier alpha value is -2.78. The van der Waals surface area contributed by atoms with E-state index in [4.69, 9.17) is 0 Å². The van der Waals surface area contributed by atoms with E-state index in [-0.39, 0.29) is 5.56 Å². The van der Waals surface area contributed by atoms with Crippen LogP contribution in [0.4, 0.5) is 0 Å². The highest BCUT2D eigenvalue weighted by atomic mass is 32.2. The van der Waals surface area contributed by atoms with Crippen LogP contribution in [0.15, 0.2) is 46.3 Å². The van der Waals surface area contributed by atoms with Crippen molar-refractivity contribution in [3.05, 3.63) is 63.8 Å². The predicted octanol–water partition coefficient (Wildman–Crippen LogP) is 3.26. The first-order valence-corrected chi connectivity index (χ1v) is 10.1. The Labute approximate surface area is 161 Å². The van der Waals surface area contributed by atoms with E-state index >= 15 is 0 Å². The third-order valence-corrected chi connectivity index (χ3v) is 6.09. The summed E-state index contributed by atoms with van der Waals surface area (Å²) in [6, 6.07) is 11.4. The van der Waals surface area contributed by atoms with Gasteiger partial charge in [-0.15, -0.1) is 5.10 Å². The van der Waals surface area contributed by atoms with Crippen LogP contribution in [0.1, 0.15) is 17.1 Å². The van der Waals surface area contributed by atoms with Crippen LogP contribution in [-0.4, -0.2) is 29.0 Å². The zero-order chi connectivity index (χ0) is 18.5. The standard InChI is InChI=1S/C18H14N6OS2/c1-10-7-11(2)24-16(19-10)21-17(22-24)26-9-12-8-15(25)23-13-5-3-4-6-14(13)27-18(23)20-12/h3-8H,9H2,1-2H3. The van der Waals surface area contributed by atoms with Gasteiger partial charge in [0.25, 0.3) is 11.3 Å². The summed E-state index contributed by atoms with van der Waals surface area (Å²) in [7, 11) is 0. The van der Waals surface area contributed by atoms with Gasteiger partial charge in [-0.1, -0.05) is 35.2 Å². The minimum Gasteiger partial charge on any atom is -0.269 e. The first-order chi connectivity index (χ1) is 13.1. The second-order valence-corrected chi connectivity index (χ2v) is 8.16. The van der Waals surface area contributed by atoms with Crippen molar-refractivity contribution in [2.45, 2.75) is 24.8 Å². The second kappa shape index (κ2) is 6.14. The number of aromatic nitrogens is 6. The summed E-state index contributed by atoms with van der Waals surface area (Å²) >= 11 is 2.97. The fourth-order valence-corrected chi connectivity index (χ4v) is 4.80. The van der Waals surface area contributed by atoms with Gasteiger partial charge in [0.05, 0.1) is 15.9 Å². The maximum atomic E-state index is 12.6. The molecule has 134 valence electrons. The topological polar surface area (TPSA) is 77.5 Å². The summed E-state index contributed by atoms with van der Waals surface area (Å²) in [4.78, 5) is 26.8. The molecule has 0 saturated heterocycles. The first kappa shape index (κ1) is 16.4. The lowest BCUT2D eigenvalue weighted by Crippen LogP contribution is -2.13. The fourth-order valence-electron chi connectivity index (χ4n) is 3.04. The molecule has 0 spiro atoms. The molecule has 0 aliphatic carbocycles. The smallest absolute Gasteiger partial charge is 0.259 e. The van der Waals surface area contributed by atoms with Crippen molar-refractivity contribution >= 4 is 44.1 Å². The van der Waals surface area contributed by atoms with Gasteiger partial charge in [0.15, 0.2) is 4.96 Å². The van der Waals surface area contributed by atoms with E-state index in [9.17, 15) is 4.79 Å². The van der Waals surface area contributed by atoms with E-state index < -0.39 is 0 Å². The Balaban J connectivity index is 1.49. The average molecular weight is 394 g/mol. The van der Waals surface area contributed by atoms with Crippen molar-refractivity contribution in [2.24, 2.45) is 0 Å². The number of thiazole rings is 1. The minimum absolute atomic E-state index is 0.0656. The van der Waals surface area contributed by atoms with Gasteiger partial charge in [-0.3, -0.25) is 9.20 Å². The summed E-state index contributed by atoms with van der Waals surface area (Å²) in [6.07, 6.45) is 0. The molecule has 0 N–H and O–H groups in total. The highest BCUT2D eigenvalue weighted by Gasteiger charge is 2.12. The van der Waals surface area contributed by atoms with Crippen LogP contribution in [0.5, 0.6) is 0 Å². The predicted molar refractivity (Wildman–Crippen MR) is 107 cm³/mol. The van der Waals surface area contributed by atoms with Crippen LogP contribution >= 0.6 is 23.1 Å². The zero-order valence-electron chi connectivity index (χ0n) is 14.6. The Morgan fingerprint density at radius 1 is 1.11 bits per heavy atom. The molecule has 4 heterocycles. The van der Waals surface area contributed by atoms with Crippen LogP contribution in [0, 0.1) is 13.8 Å². The molecule has 5 rings (SSSR count). The average Bonchev–Trinajstić information content (AvgIpc) is 3.20. The van der Waals surface area contributed by atoms with Gasteiger partial charge in [0, 0.05) is 23.2 Å². The maximum Gasteiger partial charge on any atom is 0.259 e. The number of benzene rings is 1. The Morgan fingerprint density at radius 3 is 2.85 bits per heavy atom. The van der Waals surface area contributed by atoms with Crippen molar-refractivity contribution in [3.63, 3.8) is 0 Å². The summed E-state index contributed by atoms with van der Waals surface area (Å²) < 4.78 is 4.44. The molecule has 4 aromatic heterocycles. The molecule has 0 amide bonds. The fraction of sp³-hybridized carbons (Fsp3) is 0.167. The van der Waals surface area contributed by atoms with Crippen molar-refractivity contribution in [3.8, 4) is 0 Å². The number of fused-ring (bicyclic) bond motifs is 4. The van der Waals surface area contributed by atoms with Crippen molar-refractivity contribution in [1.29, 1.82) is 0 Å². The number of aryl methyl sites for hydroxylation is 2. The summed E-state index contributed by atoms with van der Waals surface area (Å²) in [5, 5.41) is 5.11. The molecule has 0 fully saturated rings. The SMILES string of the molecule is Cc1cc(C)n2nc(SCc3cc(=O)n4c(n3)sc3ccccc34)nc2n1. The lowest BCUT2D eigenvalue weighted by atomic mass is 10.3. The van der Waals surface area contributed by atoms with E-state index in [2.05, 4.69) is 20.1 Å². The molecule has 0 aliphatic rings. The van der Waals surface area contributed by atoms with E-state index in [1.807, 2.05) is 44.2 Å². The van der Waals surface area contributed by atoms with E-state index in [1.165, 1.54) is 23.1 Å². The molecule has 7 nitrogen and oxygen atoms in total. The van der Waals surface area contributed by atoms with Crippen LogP contribution in [0.3, 0.4) is 0 Å². The molecule has 1 aromatic carbocycles. The Kier molecular flexibility index (Phi) is 3.73. The Morgan fingerprint density at radius 2 is 1.96 bits per heavy atom. The number of para-hydroxylation sites is 1. The number of hydrogen-bond acceptors (Lipinski definition) is 7. The molecule has 0 radical (unpaired) electrons. The molecule has 5 aromatic rings. The van der Waals surface area contributed by atoms with Gasteiger partial charge >= 0.3 is 0 Å². The lowest BCUT2D eigenvalue weighted by molar-refractivity contribution is 0.843. The molecule has 0 bridgehead atoms. The van der Waals surface area contributed by atoms with Gasteiger partial charge in [-0.2, -0.15) is 4.98 Å². The van der Waals surface area contributed by atoms with Gasteiger partial charge < -0.3 is 0 Å². The number of thioether (sulfide) groups is 1. The van der Waals surface area contributed by atoms with Crippen LogP contribution in [-0.2, 0) is 5.75 Å². The molecule has 27 heavy (non-hydrogen) atoms. The highest BCUT2D eigenvalue weighted by Crippen LogP contribution is 2.25. The number of rotatable bonds is 3. The zero-order valence-corrected chi connectivity index (χ0v) is 16.2. The van der Waals surface area contributed by atoms with Gasteiger partial charge in [0.1, 0.15) is 0 Å². The second-order valence-electron chi connectivity index (χ2n) is 6.21. The van der Waals surface area contributed by atoms with Crippen LogP contribution in [0.2, 0.25) is 0 Å².